The maximum Gasteiger partial charge on any atom is 0.216 e. The molecule has 6 heteroatoms. The number of furan rings is 1. The maximum atomic E-state index is 6.08. The quantitative estimate of drug-likeness (QED) is 0.166. The minimum absolute atomic E-state index is 0. The van der Waals surface area contributed by atoms with Gasteiger partial charge in [0, 0.05) is 37.4 Å². The minimum atomic E-state index is -0.116. The molecule has 0 saturated heterocycles. The number of rotatable bonds is 4. The van der Waals surface area contributed by atoms with Gasteiger partial charge in [0.05, 0.1) is 28.0 Å². The summed E-state index contributed by atoms with van der Waals surface area (Å²) in [6.45, 7) is 20.2. The van der Waals surface area contributed by atoms with Gasteiger partial charge in [0.2, 0.25) is 5.71 Å². The Kier molecular flexibility index (Phi) is 9.73. The maximum absolute atomic E-state index is 6.08. The first-order chi connectivity index (χ1) is 23.7. The van der Waals surface area contributed by atoms with Crippen molar-refractivity contribution < 1.29 is 24.5 Å². The van der Waals surface area contributed by atoms with Crippen LogP contribution in [0.25, 0.3) is 61.8 Å². The zero-order valence-corrected chi connectivity index (χ0v) is 33.5. The zero-order valence-electron chi connectivity index (χ0n) is 31.1. The molecule has 8 rings (SSSR count). The summed E-state index contributed by atoms with van der Waals surface area (Å²) >= 11 is 0. The van der Waals surface area contributed by atoms with E-state index in [-0.39, 0.29) is 36.5 Å². The smallest absolute Gasteiger partial charge is 0.216 e. The van der Waals surface area contributed by atoms with Crippen LogP contribution in [0.1, 0.15) is 78.6 Å². The molecule has 1 aliphatic rings. The van der Waals surface area contributed by atoms with Gasteiger partial charge in [0.25, 0.3) is 0 Å². The first-order valence-corrected chi connectivity index (χ1v) is 17.5. The third-order valence-electron chi connectivity index (χ3n) is 9.31. The molecule has 51 heavy (non-hydrogen) atoms. The second-order valence-electron chi connectivity index (χ2n) is 16.5. The molecule has 5 heterocycles. The van der Waals surface area contributed by atoms with Crippen LogP contribution in [0.2, 0.25) is 0 Å². The van der Waals surface area contributed by atoms with E-state index in [1.54, 1.807) is 0 Å². The molecule has 0 bridgehead atoms. The SMILES string of the molecule is CC(C)(C)CC1=Cc2cccc3nc(-c4[c-]cccc4)n(c23)C1(C)C.Cc1ccc2c(n1)oc1c(-c3cc(CC(C)(C)C)ccn3)[c-]ccc12.[Ir]. The average Bonchev–Trinajstić information content (AvgIpc) is 3.63. The second-order valence-corrected chi connectivity index (χ2v) is 16.5. The Hall–Kier alpha value is -4.38. The van der Waals surface area contributed by atoms with Gasteiger partial charge in [-0.15, -0.1) is 54.1 Å². The van der Waals surface area contributed by atoms with Crippen molar-refractivity contribution in [2.24, 2.45) is 10.8 Å². The first-order valence-electron chi connectivity index (χ1n) is 17.5. The first kappa shape index (κ1) is 36.4. The van der Waals surface area contributed by atoms with Crippen LogP contribution < -0.4 is 0 Å². The van der Waals surface area contributed by atoms with E-state index in [9.17, 15) is 0 Å². The van der Waals surface area contributed by atoms with Gasteiger partial charge in [-0.05, 0) is 85.5 Å². The Balaban J connectivity index is 0.000000172. The van der Waals surface area contributed by atoms with Crippen LogP contribution in [0, 0.1) is 29.9 Å². The predicted octanol–water partition coefficient (Wildman–Crippen LogP) is 11.8. The summed E-state index contributed by atoms with van der Waals surface area (Å²) in [6.07, 6.45) is 6.31. The summed E-state index contributed by atoms with van der Waals surface area (Å²) in [4.78, 5) is 14.1. The van der Waals surface area contributed by atoms with Crippen LogP contribution in [0.15, 0.2) is 95.0 Å². The van der Waals surface area contributed by atoms with Gasteiger partial charge in [-0.2, -0.15) is 0 Å². The van der Waals surface area contributed by atoms with E-state index < -0.39 is 0 Å². The Morgan fingerprint density at radius 2 is 1.59 bits per heavy atom. The molecule has 0 N–H and O–H groups in total. The molecule has 0 atom stereocenters. The van der Waals surface area contributed by atoms with Crippen LogP contribution in [-0.2, 0) is 32.1 Å². The van der Waals surface area contributed by atoms with Gasteiger partial charge >= 0.3 is 0 Å². The molecule has 0 aliphatic carbocycles. The number of imidazole rings is 1. The molecule has 1 radical (unpaired) electrons. The second kappa shape index (κ2) is 13.6. The van der Waals surface area contributed by atoms with Gasteiger partial charge in [-0.1, -0.05) is 82.3 Å². The van der Waals surface area contributed by atoms with Crippen LogP contribution in [0.4, 0.5) is 0 Å². The van der Waals surface area contributed by atoms with Crippen molar-refractivity contribution in [1.82, 2.24) is 19.5 Å². The monoisotopic (exact) mass is 851 g/mol. The number of benzene rings is 3. The predicted molar refractivity (Wildman–Crippen MR) is 207 cm³/mol. The molecule has 7 aromatic rings. The number of hydrogen-bond donors (Lipinski definition) is 0. The molecule has 0 spiro atoms. The molecular formula is C45H46IrN4O-2. The molecule has 0 saturated carbocycles. The van der Waals surface area contributed by atoms with Crippen molar-refractivity contribution in [2.75, 3.05) is 0 Å². The molecule has 0 unspecified atom stereocenters. The standard InChI is InChI=1S/C23H25N2.C22H21N2O.Ir/c1-22(2,3)15-18-14-17-12-9-13-19-20(17)25(23(18,4)5)21(24-19)16-10-7-6-8-11-16;1-14-8-9-17-16-6-5-7-18(20(16)25-21(17)24-14)19-12-15(10-11-23-19)13-22(2,3)4;/h6-10,12-14H,15H2,1-5H3;5-6,8-12H,13H2,1-4H3;/q2*-1;. The topological polar surface area (TPSA) is 56.7 Å². The Bertz CT molecular complexity index is 2380. The number of aryl methyl sites for hydroxylation is 1. The van der Waals surface area contributed by atoms with E-state index in [0.717, 1.165) is 63.1 Å². The van der Waals surface area contributed by atoms with E-state index in [1.807, 2.05) is 43.5 Å². The number of pyridine rings is 2. The number of fused-ring (bicyclic) bond motifs is 3. The third-order valence-corrected chi connectivity index (χ3v) is 9.31. The van der Waals surface area contributed by atoms with E-state index in [2.05, 4.69) is 137 Å². The van der Waals surface area contributed by atoms with Gasteiger partial charge in [-0.25, -0.2) is 4.98 Å². The molecule has 3 aromatic carbocycles. The Labute approximate surface area is 315 Å². The van der Waals surface area contributed by atoms with Crippen molar-refractivity contribution in [2.45, 2.75) is 80.7 Å². The minimum Gasteiger partial charge on any atom is -0.486 e. The van der Waals surface area contributed by atoms with Gasteiger partial charge in [-0.3, -0.25) is 4.98 Å². The Morgan fingerprint density at radius 3 is 2.31 bits per heavy atom. The number of allylic oxidation sites excluding steroid dienone is 1. The number of aromatic nitrogens is 4. The third kappa shape index (κ3) is 7.36. The summed E-state index contributed by atoms with van der Waals surface area (Å²) in [5, 5.41) is 2.08. The number of hydrogen-bond acceptors (Lipinski definition) is 4. The van der Waals surface area contributed by atoms with Crippen molar-refractivity contribution in [3.63, 3.8) is 0 Å². The van der Waals surface area contributed by atoms with Crippen LogP contribution >= 0.6 is 0 Å². The van der Waals surface area contributed by atoms with Gasteiger partial charge in [0.1, 0.15) is 0 Å². The van der Waals surface area contributed by atoms with Crippen LogP contribution in [0.5, 0.6) is 0 Å². The average molecular weight is 851 g/mol. The fourth-order valence-corrected chi connectivity index (χ4v) is 7.11. The van der Waals surface area contributed by atoms with Crippen molar-refractivity contribution in [3.8, 4) is 22.6 Å². The van der Waals surface area contributed by atoms with E-state index in [1.165, 1.54) is 22.2 Å². The van der Waals surface area contributed by atoms with Crippen molar-refractivity contribution in [1.29, 1.82) is 0 Å². The number of para-hydroxylation sites is 1. The van der Waals surface area contributed by atoms with E-state index in [4.69, 9.17) is 9.40 Å². The summed E-state index contributed by atoms with van der Waals surface area (Å²) < 4.78 is 8.50. The van der Waals surface area contributed by atoms with Crippen molar-refractivity contribution >= 4 is 39.2 Å². The van der Waals surface area contributed by atoms with E-state index in [0.29, 0.717) is 5.71 Å². The Morgan fingerprint density at radius 1 is 0.804 bits per heavy atom. The van der Waals surface area contributed by atoms with E-state index >= 15 is 0 Å². The molecule has 0 fully saturated rings. The van der Waals surface area contributed by atoms with Crippen LogP contribution in [-0.4, -0.2) is 19.5 Å². The fourth-order valence-electron chi connectivity index (χ4n) is 7.11. The molecule has 263 valence electrons. The summed E-state index contributed by atoms with van der Waals surface area (Å²) in [5.41, 5.74) is 11.9. The summed E-state index contributed by atoms with van der Waals surface area (Å²) in [6, 6.07) is 33.5. The normalized spacial score (nSPS) is 13.9. The molecule has 4 aromatic heterocycles. The molecule has 5 nitrogen and oxygen atoms in total. The summed E-state index contributed by atoms with van der Waals surface area (Å²) in [5.74, 6) is 1.01. The zero-order chi connectivity index (χ0) is 35.4. The van der Waals surface area contributed by atoms with Gasteiger partial charge in [0.15, 0.2) is 0 Å². The molecule has 1 aliphatic heterocycles. The molecule has 0 amide bonds. The van der Waals surface area contributed by atoms with Gasteiger partial charge < -0.3 is 14.0 Å². The fraction of sp³-hybridized carbons (Fsp3) is 0.311. The number of nitrogens with zero attached hydrogens (tertiary/aromatic N) is 4. The van der Waals surface area contributed by atoms with Crippen LogP contribution in [0.3, 0.4) is 0 Å². The largest absolute Gasteiger partial charge is 0.486 e. The van der Waals surface area contributed by atoms with Crippen molar-refractivity contribution in [3.05, 3.63) is 120 Å². The summed E-state index contributed by atoms with van der Waals surface area (Å²) in [7, 11) is 0. The molecular weight excluding hydrogens is 805 g/mol.